The van der Waals surface area contributed by atoms with Crippen LogP contribution in [0.25, 0.3) is 10.2 Å². The van der Waals surface area contributed by atoms with Crippen LogP contribution in [0.15, 0.2) is 24.3 Å². The Hall–Kier alpha value is -1.17. The van der Waals surface area contributed by atoms with E-state index in [1.165, 1.54) is 4.70 Å². The van der Waals surface area contributed by atoms with Gasteiger partial charge in [-0.3, -0.25) is 0 Å². The van der Waals surface area contributed by atoms with E-state index in [2.05, 4.69) is 16.4 Å². The lowest BCUT2D eigenvalue weighted by Gasteiger charge is -2.02. The number of nitrogens with zero attached hydrogens (tertiary/aromatic N) is 1. The van der Waals surface area contributed by atoms with Crippen LogP contribution in [0.4, 0.5) is 5.13 Å². The van der Waals surface area contributed by atoms with Crippen molar-refractivity contribution in [3.05, 3.63) is 24.3 Å². The molecule has 0 aliphatic carbocycles. The van der Waals surface area contributed by atoms with Gasteiger partial charge in [-0.25, -0.2) is 4.98 Å². The summed E-state index contributed by atoms with van der Waals surface area (Å²) in [7, 11) is 0. The number of benzene rings is 1. The number of hydrogen-bond donors (Lipinski definition) is 2. The van der Waals surface area contributed by atoms with Crippen molar-refractivity contribution in [3.63, 3.8) is 0 Å². The highest BCUT2D eigenvalue weighted by atomic mass is 32.1. The number of fused-ring (bicyclic) bond motifs is 1. The van der Waals surface area contributed by atoms with E-state index < -0.39 is 0 Å². The number of aliphatic hydroxyl groups is 1. The molecule has 16 heavy (non-hydrogen) atoms. The average Bonchev–Trinajstić information content (AvgIpc) is 2.71. The SMILES string of the molecule is OCCOCCNc1nc2ccccc2s1. The monoisotopic (exact) mass is 238 g/mol. The first kappa shape index (κ1) is 11.3. The lowest BCUT2D eigenvalue weighted by atomic mass is 10.3. The topological polar surface area (TPSA) is 54.4 Å². The molecular formula is C11H14N2O2S. The zero-order valence-corrected chi connectivity index (χ0v) is 9.67. The van der Waals surface area contributed by atoms with Gasteiger partial charge in [-0.05, 0) is 12.1 Å². The van der Waals surface area contributed by atoms with Crippen LogP contribution in [0, 0.1) is 0 Å². The average molecular weight is 238 g/mol. The zero-order chi connectivity index (χ0) is 11.2. The second kappa shape index (κ2) is 5.79. The number of rotatable bonds is 6. The van der Waals surface area contributed by atoms with E-state index >= 15 is 0 Å². The van der Waals surface area contributed by atoms with Crippen molar-refractivity contribution in [2.24, 2.45) is 0 Å². The second-order valence-electron chi connectivity index (χ2n) is 3.25. The molecule has 0 amide bonds. The summed E-state index contributed by atoms with van der Waals surface area (Å²) in [6, 6.07) is 8.05. The van der Waals surface area contributed by atoms with Gasteiger partial charge in [0.1, 0.15) is 0 Å². The quantitative estimate of drug-likeness (QED) is 0.752. The Morgan fingerprint density at radius 3 is 3.00 bits per heavy atom. The molecule has 0 saturated carbocycles. The molecule has 0 unspecified atom stereocenters. The summed E-state index contributed by atoms with van der Waals surface area (Å²) in [5, 5.41) is 12.6. The number of hydrogen-bond acceptors (Lipinski definition) is 5. The Labute approximate surface area is 97.9 Å². The molecule has 0 atom stereocenters. The van der Waals surface area contributed by atoms with Gasteiger partial charge in [0.05, 0.1) is 30.0 Å². The Kier molecular flexibility index (Phi) is 4.10. The maximum atomic E-state index is 8.52. The molecule has 4 nitrogen and oxygen atoms in total. The molecule has 0 spiro atoms. The molecule has 1 heterocycles. The lowest BCUT2D eigenvalue weighted by molar-refractivity contribution is 0.0992. The first-order valence-corrected chi connectivity index (χ1v) is 6.00. The molecular weight excluding hydrogens is 224 g/mol. The fourth-order valence-electron chi connectivity index (χ4n) is 1.34. The number of anilines is 1. The molecule has 0 bridgehead atoms. The van der Waals surface area contributed by atoms with E-state index in [1.54, 1.807) is 11.3 Å². The number of ether oxygens (including phenoxy) is 1. The number of thiazole rings is 1. The lowest BCUT2D eigenvalue weighted by Crippen LogP contribution is -2.10. The third kappa shape index (κ3) is 2.91. The highest BCUT2D eigenvalue weighted by molar-refractivity contribution is 7.22. The summed E-state index contributed by atoms with van der Waals surface area (Å²) in [6.07, 6.45) is 0. The molecule has 0 aliphatic heterocycles. The minimum absolute atomic E-state index is 0.0706. The first-order chi connectivity index (χ1) is 7.90. The number of aliphatic hydroxyl groups excluding tert-OH is 1. The predicted octanol–water partition coefficient (Wildman–Crippen LogP) is 1.72. The Morgan fingerprint density at radius 1 is 1.31 bits per heavy atom. The first-order valence-electron chi connectivity index (χ1n) is 5.18. The van der Waals surface area contributed by atoms with Crippen molar-refractivity contribution in [1.29, 1.82) is 0 Å². The van der Waals surface area contributed by atoms with Crippen molar-refractivity contribution in [2.75, 3.05) is 31.7 Å². The van der Waals surface area contributed by atoms with Crippen LogP contribution in [0.2, 0.25) is 0 Å². The third-order valence-corrected chi connectivity index (χ3v) is 3.05. The molecule has 1 aromatic carbocycles. The highest BCUT2D eigenvalue weighted by Crippen LogP contribution is 2.24. The predicted molar refractivity (Wildman–Crippen MR) is 66.0 cm³/mol. The maximum Gasteiger partial charge on any atom is 0.183 e. The number of para-hydroxylation sites is 1. The van der Waals surface area contributed by atoms with Crippen LogP contribution in [0.3, 0.4) is 0 Å². The van der Waals surface area contributed by atoms with Gasteiger partial charge in [0, 0.05) is 6.54 Å². The third-order valence-electron chi connectivity index (χ3n) is 2.05. The Balaban J connectivity index is 1.85. The standard InChI is InChI=1S/C11H14N2O2S/c14-6-8-15-7-5-12-11-13-9-3-1-2-4-10(9)16-11/h1-4,14H,5-8H2,(H,12,13). The molecule has 0 radical (unpaired) electrons. The number of nitrogens with one attached hydrogen (secondary N) is 1. The molecule has 2 rings (SSSR count). The molecule has 0 aliphatic rings. The summed E-state index contributed by atoms with van der Waals surface area (Å²) in [5.74, 6) is 0. The summed E-state index contributed by atoms with van der Waals surface area (Å²) < 4.78 is 6.32. The largest absolute Gasteiger partial charge is 0.394 e. The van der Waals surface area contributed by atoms with Crippen LogP contribution in [-0.4, -0.2) is 36.5 Å². The van der Waals surface area contributed by atoms with Crippen molar-refractivity contribution >= 4 is 26.7 Å². The molecule has 86 valence electrons. The van der Waals surface area contributed by atoms with Gasteiger partial charge in [0.15, 0.2) is 5.13 Å². The molecule has 1 aromatic heterocycles. The zero-order valence-electron chi connectivity index (χ0n) is 8.85. The van der Waals surface area contributed by atoms with Crippen LogP contribution in [0.5, 0.6) is 0 Å². The molecule has 2 N–H and O–H groups in total. The van der Waals surface area contributed by atoms with Gasteiger partial charge >= 0.3 is 0 Å². The van der Waals surface area contributed by atoms with E-state index in [1.807, 2.05) is 18.2 Å². The van der Waals surface area contributed by atoms with E-state index in [9.17, 15) is 0 Å². The summed E-state index contributed by atoms with van der Waals surface area (Å²) in [5.41, 5.74) is 1.02. The van der Waals surface area contributed by atoms with Crippen molar-refractivity contribution < 1.29 is 9.84 Å². The number of aromatic nitrogens is 1. The molecule has 2 aromatic rings. The maximum absolute atomic E-state index is 8.52. The van der Waals surface area contributed by atoms with E-state index in [4.69, 9.17) is 9.84 Å². The normalized spacial score (nSPS) is 10.8. The van der Waals surface area contributed by atoms with E-state index in [0.29, 0.717) is 19.8 Å². The van der Waals surface area contributed by atoms with Crippen molar-refractivity contribution in [3.8, 4) is 0 Å². The van der Waals surface area contributed by atoms with Crippen LogP contribution < -0.4 is 5.32 Å². The summed E-state index contributed by atoms with van der Waals surface area (Å²) in [6.45, 7) is 1.75. The molecule has 0 saturated heterocycles. The van der Waals surface area contributed by atoms with Crippen molar-refractivity contribution in [2.45, 2.75) is 0 Å². The Morgan fingerprint density at radius 2 is 2.19 bits per heavy atom. The van der Waals surface area contributed by atoms with Crippen LogP contribution in [-0.2, 0) is 4.74 Å². The Bertz CT molecular complexity index is 411. The smallest absolute Gasteiger partial charge is 0.183 e. The second-order valence-corrected chi connectivity index (χ2v) is 4.28. The van der Waals surface area contributed by atoms with Gasteiger partial charge in [-0.2, -0.15) is 0 Å². The van der Waals surface area contributed by atoms with E-state index in [-0.39, 0.29) is 6.61 Å². The van der Waals surface area contributed by atoms with E-state index in [0.717, 1.165) is 10.6 Å². The van der Waals surface area contributed by atoms with Gasteiger partial charge in [0.2, 0.25) is 0 Å². The van der Waals surface area contributed by atoms with Gasteiger partial charge in [-0.1, -0.05) is 23.5 Å². The molecule has 0 fully saturated rings. The fourth-order valence-corrected chi connectivity index (χ4v) is 2.24. The van der Waals surface area contributed by atoms with Gasteiger partial charge in [0.25, 0.3) is 0 Å². The minimum atomic E-state index is 0.0706. The summed E-state index contributed by atoms with van der Waals surface area (Å²) >= 11 is 1.63. The highest BCUT2D eigenvalue weighted by Gasteiger charge is 2.01. The van der Waals surface area contributed by atoms with Gasteiger partial charge in [-0.15, -0.1) is 0 Å². The van der Waals surface area contributed by atoms with Gasteiger partial charge < -0.3 is 15.2 Å². The molecule has 5 heteroatoms. The fraction of sp³-hybridized carbons (Fsp3) is 0.364. The summed E-state index contributed by atoms with van der Waals surface area (Å²) in [4.78, 5) is 4.43. The van der Waals surface area contributed by atoms with Crippen molar-refractivity contribution in [1.82, 2.24) is 4.98 Å². The minimum Gasteiger partial charge on any atom is -0.394 e. The van der Waals surface area contributed by atoms with Crippen LogP contribution in [0.1, 0.15) is 0 Å². The van der Waals surface area contributed by atoms with Crippen LogP contribution >= 0.6 is 11.3 Å².